The largest absolute Gasteiger partial charge is 0.507 e. The van der Waals surface area contributed by atoms with E-state index in [1.165, 1.54) is 17.4 Å². The van der Waals surface area contributed by atoms with E-state index in [2.05, 4.69) is 4.90 Å². The maximum Gasteiger partial charge on any atom is 0.343 e. The summed E-state index contributed by atoms with van der Waals surface area (Å²) in [7, 11) is 5.19. The van der Waals surface area contributed by atoms with Crippen molar-refractivity contribution < 1.29 is 19.0 Å². The third-order valence-electron chi connectivity index (χ3n) is 6.06. The SMILES string of the molecule is COc1cc2c(cc1OC)CN(Cc1coc(=O)c(CN(C)Cc3ccccc3)c1O)CC2. The third-order valence-corrected chi connectivity index (χ3v) is 6.06. The van der Waals surface area contributed by atoms with Crippen molar-refractivity contribution in [2.75, 3.05) is 27.8 Å². The highest BCUT2D eigenvalue weighted by Gasteiger charge is 2.22. The fraction of sp³-hybridized carbons (Fsp3) is 0.346. The molecule has 0 saturated carbocycles. The van der Waals surface area contributed by atoms with Crippen LogP contribution in [0.25, 0.3) is 0 Å². The minimum atomic E-state index is -0.503. The average Bonchev–Trinajstić information content (AvgIpc) is 2.83. The molecule has 1 aromatic heterocycles. The number of hydrogen-bond donors (Lipinski definition) is 1. The Morgan fingerprint density at radius 1 is 1.06 bits per heavy atom. The lowest BCUT2D eigenvalue weighted by Crippen LogP contribution is -2.30. The molecular formula is C26H30N2O5. The highest BCUT2D eigenvalue weighted by atomic mass is 16.5. The van der Waals surface area contributed by atoms with Gasteiger partial charge in [-0.1, -0.05) is 30.3 Å². The third kappa shape index (κ3) is 5.21. The zero-order valence-electron chi connectivity index (χ0n) is 19.3. The standard InChI is InChI=1S/C26H30N2O5/c1-27(13-18-7-5-4-6-8-18)16-22-25(29)21(17-33-26(22)30)15-28-10-9-19-11-23(31-2)24(32-3)12-20(19)14-28/h4-8,11-12,17,29H,9-10,13-16H2,1-3H3. The van der Waals surface area contributed by atoms with Crippen molar-refractivity contribution in [1.29, 1.82) is 0 Å². The summed E-state index contributed by atoms with van der Waals surface area (Å²) in [6.45, 7) is 2.98. The first-order valence-electron chi connectivity index (χ1n) is 11.0. The molecule has 1 aliphatic heterocycles. The quantitative estimate of drug-likeness (QED) is 0.562. The molecule has 0 fully saturated rings. The van der Waals surface area contributed by atoms with Crippen LogP contribution in [0.4, 0.5) is 0 Å². The fourth-order valence-corrected chi connectivity index (χ4v) is 4.33. The van der Waals surface area contributed by atoms with Gasteiger partial charge >= 0.3 is 5.63 Å². The highest BCUT2D eigenvalue weighted by Crippen LogP contribution is 2.34. The van der Waals surface area contributed by atoms with E-state index >= 15 is 0 Å². The number of fused-ring (bicyclic) bond motifs is 1. The maximum atomic E-state index is 12.4. The van der Waals surface area contributed by atoms with Gasteiger partial charge in [0.2, 0.25) is 0 Å². The minimum absolute atomic E-state index is 0.0178. The van der Waals surface area contributed by atoms with Crippen molar-refractivity contribution in [2.45, 2.75) is 32.6 Å². The van der Waals surface area contributed by atoms with E-state index in [9.17, 15) is 9.90 Å². The summed E-state index contributed by atoms with van der Waals surface area (Å²) in [6, 6.07) is 14.1. The molecule has 2 aromatic carbocycles. The summed E-state index contributed by atoms with van der Waals surface area (Å²) in [4.78, 5) is 16.6. The Morgan fingerprint density at radius 2 is 1.76 bits per heavy atom. The van der Waals surface area contributed by atoms with Crippen molar-refractivity contribution in [3.05, 3.63) is 87.0 Å². The van der Waals surface area contributed by atoms with E-state index in [0.717, 1.165) is 24.3 Å². The molecule has 2 heterocycles. The smallest absolute Gasteiger partial charge is 0.343 e. The predicted molar refractivity (Wildman–Crippen MR) is 126 cm³/mol. The van der Waals surface area contributed by atoms with Crippen LogP contribution in [-0.2, 0) is 32.6 Å². The van der Waals surface area contributed by atoms with Gasteiger partial charge in [-0.2, -0.15) is 0 Å². The summed E-state index contributed by atoms with van der Waals surface area (Å²) in [5.41, 5.74) is 3.93. The summed E-state index contributed by atoms with van der Waals surface area (Å²) in [6.07, 6.45) is 2.24. The van der Waals surface area contributed by atoms with Gasteiger partial charge < -0.3 is 19.0 Å². The van der Waals surface area contributed by atoms with Gasteiger partial charge in [0.15, 0.2) is 11.5 Å². The Labute approximate surface area is 193 Å². The Bertz CT molecular complexity index is 1160. The van der Waals surface area contributed by atoms with Gasteiger partial charge in [0.05, 0.1) is 19.8 Å². The van der Waals surface area contributed by atoms with Crippen molar-refractivity contribution in [3.63, 3.8) is 0 Å². The molecule has 0 atom stereocenters. The molecule has 0 saturated heterocycles. The van der Waals surface area contributed by atoms with Gasteiger partial charge in [0.25, 0.3) is 0 Å². The topological polar surface area (TPSA) is 75.4 Å². The van der Waals surface area contributed by atoms with Crippen LogP contribution in [0.5, 0.6) is 17.2 Å². The molecule has 174 valence electrons. The first-order valence-corrected chi connectivity index (χ1v) is 11.0. The Hall–Kier alpha value is -3.29. The second kappa shape index (κ2) is 10.1. The molecule has 1 aliphatic rings. The van der Waals surface area contributed by atoms with E-state index in [1.54, 1.807) is 14.2 Å². The van der Waals surface area contributed by atoms with Crippen molar-refractivity contribution in [1.82, 2.24) is 9.80 Å². The summed E-state index contributed by atoms with van der Waals surface area (Å²) >= 11 is 0. The lowest BCUT2D eigenvalue weighted by Gasteiger charge is -2.29. The normalized spacial score (nSPS) is 13.7. The van der Waals surface area contributed by atoms with Gasteiger partial charge in [0, 0.05) is 38.3 Å². The van der Waals surface area contributed by atoms with Crippen LogP contribution in [-0.4, -0.2) is 42.7 Å². The number of benzene rings is 2. The van der Waals surface area contributed by atoms with Crippen LogP contribution in [0, 0.1) is 0 Å². The van der Waals surface area contributed by atoms with Crippen LogP contribution < -0.4 is 15.1 Å². The predicted octanol–water partition coefficient (Wildman–Crippen LogP) is 3.55. The van der Waals surface area contributed by atoms with Crippen molar-refractivity contribution in [3.8, 4) is 17.2 Å². The number of nitrogens with zero attached hydrogens (tertiary/aromatic N) is 2. The maximum absolute atomic E-state index is 12.4. The van der Waals surface area contributed by atoms with Gasteiger partial charge in [-0.15, -0.1) is 0 Å². The van der Waals surface area contributed by atoms with Crippen LogP contribution >= 0.6 is 0 Å². The molecule has 7 nitrogen and oxygen atoms in total. The Morgan fingerprint density at radius 3 is 2.45 bits per heavy atom. The number of aromatic hydroxyl groups is 1. The van der Waals surface area contributed by atoms with Crippen LogP contribution in [0.3, 0.4) is 0 Å². The summed E-state index contributed by atoms with van der Waals surface area (Å²) in [5, 5.41) is 10.9. The lowest BCUT2D eigenvalue weighted by atomic mass is 9.98. The van der Waals surface area contributed by atoms with E-state index in [0.29, 0.717) is 37.5 Å². The summed E-state index contributed by atoms with van der Waals surface area (Å²) in [5.74, 6) is 1.45. The van der Waals surface area contributed by atoms with Gasteiger partial charge in [-0.05, 0) is 42.3 Å². The molecule has 3 aromatic rings. The van der Waals surface area contributed by atoms with Crippen LogP contribution in [0.2, 0.25) is 0 Å². The molecule has 0 amide bonds. The number of hydrogen-bond acceptors (Lipinski definition) is 7. The average molecular weight is 451 g/mol. The van der Waals surface area contributed by atoms with Crippen molar-refractivity contribution in [2.24, 2.45) is 0 Å². The van der Waals surface area contributed by atoms with Crippen LogP contribution in [0.15, 0.2) is 57.9 Å². The fourth-order valence-electron chi connectivity index (χ4n) is 4.33. The monoisotopic (exact) mass is 450 g/mol. The molecule has 0 bridgehead atoms. The van der Waals surface area contributed by atoms with E-state index in [-0.39, 0.29) is 11.3 Å². The van der Waals surface area contributed by atoms with E-state index < -0.39 is 5.63 Å². The second-order valence-corrected chi connectivity index (χ2v) is 8.47. The molecular weight excluding hydrogens is 420 g/mol. The molecule has 0 aliphatic carbocycles. The molecule has 4 rings (SSSR count). The molecule has 33 heavy (non-hydrogen) atoms. The number of rotatable bonds is 8. The van der Waals surface area contributed by atoms with Crippen LogP contribution in [0.1, 0.15) is 27.8 Å². The van der Waals surface area contributed by atoms with Gasteiger partial charge in [-0.3, -0.25) is 9.80 Å². The first-order chi connectivity index (χ1) is 16.0. The van der Waals surface area contributed by atoms with Gasteiger partial charge in [-0.25, -0.2) is 4.79 Å². The minimum Gasteiger partial charge on any atom is -0.507 e. The van der Waals surface area contributed by atoms with Crippen molar-refractivity contribution >= 4 is 0 Å². The molecule has 1 N–H and O–H groups in total. The lowest BCUT2D eigenvalue weighted by molar-refractivity contribution is 0.236. The Kier molecular flexibility index (Phi) is 7.01. The molecule has 7 heteroatoms. The number of methoxy groups -OCH3 is 2. The van der Waals surface area contributed by atoms with Gasteiger partial charge in [0.1, 0.15) is 12.0 Å². The van der Waals surface area contributed by atoms with E-state index in [1.807, 2.05) is 54.4 Å². The highest BCUT2D eigenvalue weighted by molar-refractivity contribution is 5.48. The zero-order valence-corrected chi connectivity index (χ0v) is 19.3. The molecule has 0 spiro atoms. The molecule has 0 radical (unpaired) electrons. The number of ether oxygens (including phenoxy) is 2. The van der Waals surface area contributed by atoms with E-state index in [4.69, 9.17) is 13.9 Å². The molecule has 0 unspecified atom stereocenters. The summed E-state index contributed by atoms with van der Waals surface area (Å²) < 4.78 is 16.2. The zero-order chi connectivity index (χ0) is 23.4. The first kappa shape index (κ1) is 22.9. The second-order valence-electron chi connectivity index (χ2n) is 8.47. The Balaban J connectivity index is 1.48.